The summed E-state index contributed by atoms with van der Waals surface area (Å²) in [4.78, 5) is 12.3. The van der Waals surface area contributed by atoms with Crippen LogP contribution in [0.3, 0.4) is 0 Å². The number of hydrogen-bond acceptors (Lipinski definition) is 4. The summed E-state index contributed by atoms with van der Waals surface area (Å²) >= 11 is 0. The first-order valence-electron chi connectivity index (χ1n) is 7.75. The summed E-state index contributed by atoms with van der Waals surface area (Å²) in [6.07, 6.45) is 1.12. The van der Waals surface area contributed by atoms with E-state index in [0.717, 1.165) is 22.7 Å². The SMILES string of the molecule is CS(=O)(=O)c1ccccc1NC(=O)CNc1ccc2ccccc2c1. The smallest absolute Gasteiger partial charge is 0.243 e. The summed E-state index contributed by atoms with van der Waals surface area (Å²) in [7, 11) is -3.41. The quantitative estimate of drug-likeness (QED) is 0.737. The highest BCUT2D eigenvalue weighted by atomic mass is 32.2. The van der Waals surface area contributed by atoms with Crippen molar-refractivity contribution in [3.8, 4) is 0 Å². The van der Waals surface area contributed by atoms with E-state index in [2.05, 4.69) is 10.6 Å². The van der Waals surface area contributed by atoms with Crippen LogP contribution >= 0.6 is 0 Å². The van der Waals surface area contributed by atoms with Crippen molar-refractivity contribution in [3.63, 3.8) is 0 Å². The second-order valence-corrected chi connectivity index (χ2v) is 7.72. The molecule has 0 atom stereocenters. The Hall–Kier alpha value is -2.86. The first-order chi connectivity index (χ1) is 11.9. The van der Waals surface area contributed by atoms with E-state index >= 15 is 0 Å². The van der Waals surface area contributed by atoms with Gasteiger partial charge in [-0.05, 0) is 35.0 Å². The number of carbonyl (C=O) groups is 1. The Balaban J connectivity index is 1.69. The minimum absolute atomic E-state index is 0.0381. The fraction of sp³-hybridized carbons (Fsp3) is 0.105. The molecule has 5 nitrogen and oxygen atoms in total. The highest BCUT2D eigenvalue weighted by molar-refractivity contribution is 7.90. The van der Waals surface area contributed by atoms with Gasteiger partial charge in [-0.3, -0.25) is 4.79 Å². The molecule has 0 unspecified atom stereocenters. The summed E-state index contributed by atoms with van der Waals surface area (Å²) in [5.41, 5.74) is 1.11. The van der Waals surface area contributed by atoms with Crippen molar-refractivity contribution in [2.24, 2.45) is 0 Å². The van der Waals surface area contributed by atoms with Crippen molar-refractivity contribution in [1.82, 2.24) is 0 Å². The van der Waals surface area contributed by atoms with Crippen LogP contribution in [0.1, 0.15) is 0 Å². The third-order valence-corrected chi connectivity index (χ3v) is 4.92. The number of fused-ring (bicyclic) bond motifs is 1. The number of nitrogens with one attached hydrogen (secondary N) is 2. The van der Waals surface area contributed by atoms with E-state index in [0.29, 0.717) is 0 Å². The van der Waals surface area contributed by atoms with Crippen LogP contribution in [0.15, 0.2) is 71.6 Å². The molecule has 0 spiro atoms. The van der Waals surface area contributed by atoms with Gasteiger partial charge in [0, 0.05) is 11.9 Å². The van der Waals surface area contributed by atoms with Crippen LogP contribution in [0.5, 0.6) is 0 Å². The maximum absolute atomic E-state index is 12.2. The number of anilines is 2. The highest BCUT2D eigenvalue weighted by Crippen LogP contribution is 2.21. The molecule has 6 heteroatoms. The Morgan fingerprint density at radius 3 is 2.36 bits per heavy atom. The van der Waals surface area contributed by atoms with Crippen LogP contribution < -0.4 is 10.6 Å². The molecule has 2 N–H and O–H groups in total. The molecule has 3 aromatic carbocycles. The van der Waals surface area contributed by atoms with Crippen molar-refractivity contribution in [2.75, 3.05) is 23.4 Å². The second kappa shape index (κ2) is 6.94. The predicted molar refractivity (Wildman–Crippen MR) is 101 cm³/mol. The lowest BCUT2D eigenvalue weighted by Gasteiger charge is -2.11. The topological polar surface area (TPSA) is 75.3 Å². The Bertz CT molecular complexity index is 1030. The maximum atomic E-state index is 12.2. The largest absolute Gasteiger partial charge is 0.376 e. The standard InChI is InChI=1S/C19H18N2O3S/c1-25(23,24)18-9-5-4-8-17(18)21-19(22)13-20-16-11-10-14-6-2-3-7-15(14)12-16/h2-12,20H,13H2,1H3,(H,21,22). The number of hydrogen-bond donors (Lipinski definition) is 2. The molecule has 0 aliphatic rings. The van der Waals surface area contributed by atoms with Crippen LogP contribution in [-0.2, 0) is 14.6 Å². The van der Waals surface area contributed by atoms with E-state index in [-0.39, 0.29) is 23.0 Å². The van der Waals surface area contributed by atoms with Crippen molar-refractivity contribution >= 4 is 37.9 Å². The summed E-state index contributed by atoms with van der Waals surface area (Å²) in [6.45, 7) is 0.0381. The molecule has 0 saturated heterocycles. The van der Waals surface area contributed by atoms with Gasteiger partial charge in [-0.2, -0.15) is 0 Å². The minimum Gasteiger partial charge on any atom is -0.376 e. The molecule has 0 bridgehead atoms. The fourth-order valence-electron chi connectivity index (χ4n) is 2.57. The Kier molecular flexibility index (Phi) is 4.72. The van der Waals surface area contributed by atoms with Gasteiger partial charge >= 0.3 is 0 Å². The number of para-hydroxylation sites is 1. The van der Waals surface area contributed by atoms with Crippen LogP contribution in [0, 0.1) is 0 Å². The van der Waals surface area contributed by atoms with Crippen molar-refractivity contribution < 1.29 is 13.2 Å². The first-order valence-corrected chi connectivity index (χ1v) is 9.64. The molecule has 1 amide bonds. The Morgan fingerprint density at radius 2 is 1.60 bits per heavy atom. The van der Waals surface area contributed by atoms with Gasteiger partial charge < -0.3 is 10.6 Å². The molecule has 25 heavy (non-hydrogen) atoms. The van der Waals surface area contributed by atoms with Gasteiger partial charge in [-0.1, -0.05) is 42.5 Å². The van der Waals surface area contributed by atoms with E-state index in [4.69, 9.17) is 0 Å². The summed E-state index contributed by atoms with van der Waals surface area (Å²) < 4.78 is 23.5. The molecule has 0 radical (unpaired) electrons. The molecule has 0 aliphatic heterocycles. The van der Waals surface area contributed by atoms with Crippen molar-refractivity contribution in [1.29, 1.82) is 0 Å². The fourth-order valence-corrected chi connectivity index (χ4v) is 3.41. The van der Waals surface area contributed by atoms with Crippen molar-refractivity contribution in [3.05, 3.63) is 66.7 Å². The molecular weight excluding hydrogens is 336 g/mol. The van der Waals surface area contributed by atoms with Gasteiger partial charge in [0.15, 0.2) is 9.84 Å². The van der Waals surface area contributed by atoms with Crippen LogP contribution in [0.2, 0.25) is 0 Å². The molecule has 0 heterocycles. The van der Waals surface area contributed by atoms with Gasteiger partial charge in [0.05, 0.1) is 17.1 Å². The van der Waals surface area contributed by atoms with Gasteiger partial charge in [-0.15, -0.1) is 0 Å². The first kappa shape index (κ1) is 17.0. The van der Waals surface area contributed by atoms with E-state index in [1.165, 1.54) is 6.07 Å². The third kappa shape index (κ3) is 4.16. The van der Waals surface area contributed by atoms with Crippen molar-refractivity contribution in [2.45, 2.75) is 4.90 Å². The predicted octanol–water partition coefficient (Wildman–Crippen LogP) is 3.29. The number of carbonyl (C=O) groups excluding carboxylic acids is 1. The lowest BCUT2D eigenvalue weighted by Crippen LogP contribution is -2.22. The van der Waals surface area contributed by atoms with E-state index < -0.39 is 9.84 Å². The zero-order chi connectivity index (χ0) is 17.9. The second-order valence-electron chi connectivity index (χ2n) is 5.73. The summed E-state index contributed by atoms with van der Waals surface area (Å²) in [5.74, 6) is -0.316. The van der Waals surface area contributed by atoms with E-state index in [9.17, 15) is 13.2 Å². The van der Waals surface area contributed by atoms with E-state index in [1.54, 1.807) is 18.2 Å². The molecule has 0 fully saturated rings. The molecule has 3 aromatic rings. The molecule has 0 aliphatic carbocycles. The van der Waals surface area contributed by atoms with Crippen LogP contribution in [-0.4, -0.2) is 27.1 Å². The third-order valence-electron chi connectivity index (χ3n) is 3.76. The minimum atomic E-state index is -3.41. The zero-order valence-corrected chi connectivity index (χ0v) is 14.5. The normalized spacial score (nSPS) is 11.2. The number of benzene rings is 3. The zero-order valence-electron chi connectivity index (χ0n) is 13.7. The number of amides is 1. The molecular formula is C19H18N2O3S. The number of sulfone groups is 1. The number of rotatable bonds is 5. The summed E-state index contributed by atoms with van der Waals surface area (Å²) in [5, 5.41) is 7.90. The molecule has 0 aromatic heterocycles. The molecule has 0 saturated carbocycles. The summed E-state index contributed by atoms with van der Waals surface area (Å²) in [6, 6.07) is 20.2. The molecule has 3 rings (SSSR count). The molecule has 128 valence electrons. The lowest BCUT2D eigenvalue weighted by atomic mass is 10.1. The Morgan fingerprint density at radius 1 is 0.920 bits per heavy atom. The highest BCUT2D eigenvalue weighted by Gasteiger charge is 2.14. The monoisotopic (exact) mass is 354 g/mol. The average molecular weight is 354 g/mol. The van der Waals surface area contributed by atoms with Crippen LogP contribution in [0.4, 0.5) is 11.4 Å². The van der Waals surface area contributed by atoms with Gasteiger partial charge in [0.1, 0.15) is 0 Å². The maximum Gasteiger partial charge on any atom is 0.243 e. The van der Waals surface area contributed by atoms with Crippen LogP contribution in [0.25, 0.3) is 10.8 Å². The van der Waals surface area contributed by atoms with Gasteiger partial charge in [0.2, 0.25) is 5.91 Å². The average Bonchev–Trinajstić information content (AvgIpc) is 2.59. The van der Waals surface area contributed by atoms with Gasteiger partial charge in [0.25, 0.3) is 0 Å². The lowest BCUT2D eigenvalue weighted by molar-refractivity contribution is -0.114. The van der Waals surface area contributed by atoms with Gasteiger partial charge in [-0.25, -0.2) is 8.42 Å². The Labute approximate surface area is 146 Å². The van der Waals surface area contributed by atoms with E-state index in [1.807, 2.05) is 42.5 Å².